The lowest BCUT2D eigenvalue weighted by Crippen LogP contribution is -2.31. The Hall–Kier alpha value is -3.39. The van der Waals surface area contributed by atoms with Crippen molar-refractivity contribution in [2.45, 2.75) is 25.3 Å². The van der Waals surface area contributed by atoms with Gasteiger partial charge < -0.3 is 19.6 Å². The van der Waals surface area contributed by atoms with Crippen molar-refractivity contribution in [2.24, 2.45) is 0 Å². The number of pyridine rings is 1. The van der Waals surface area contributed by atoms with E-state index in [1.54, 1.807) is 10.6 Å². The molecule has 5 rings (SSSR count). The third-order valence-electron chi connectivity index (χ3n) is 5.96. The fraction of sp³-hybridized carbons (Fsp3) is 0.250. The predicted octanol–water partition coefficient (Wildman–Crippen LogP) is 4.73. The van der Waals surface area contributed by atoms with E-state index in [9.17, 15) is 18.4 Å². The first-order valence-corrected chi connectivity index (χ1v) is 10.9. The highest BCUT2D eigenvalue weighted by Gasteiger charge is 2.30. The molecule has 0 bridgehead atoms. The summed E-state index contributed by atoms with van der Waals surface area (Å²) in [5, 5.41) is 4.25. The number of nitrogens with one attached hydrogen (secondary N) is 2. The fourth-order valence-electron chi connectivity index (χ4n) is 4.18. The lowest BCUT2D eigenvalue weighted by atomic mass is 10.1. The van der Waals surface area contributed by atoms with E-state index in [-0.39, 0.29) is 34.8 Å². The molecule has 1 saturated carbocycles. The molecular weight excluding hydrogens is 452 g/mol. The molecule has 0 spiro atoms. The van der Waals surface area contributed by atoms with Crippen LogP contribution in [-0.4, -0.2) is 29.1 Å². The summed E-state index contributed by atoms with van der Waals surface area (Å²) in [5.41, 5.74) is 1.28. The van der Waals surface area contributed by atoms with E-state index < -0.39 is 23.0 Å². The number of aromatic nitrogens is 2. The normalized spacial score (nSPS) is 13.6. The molecule has 2 N–H and O–H groups in total. The van der Waals surface area contributed by atoms with Gasteiger partial charge in [0.05, 0.1) is 18.0 Å². The lowest BCUT2D eigenvalue weighted by Gasteiger charge is -2.16. The summed E-state index contributed by atoms with van der Waals surface area (Å²) in [6.45, 7) is 0.278. The van der Waals surface area contributed by atoms with Crippen LogP contribution in [0.3, 0.4) is 0 Å². The number of amides is 1. The van der Waals surface area contributed by atoms with Crippen LogP contribution in [-0.2, 0) is 6.42 Å². The summed E-state index contributed by atoms with van der Waals surface area (Å²) in [6, 6.07) is 6.35. The molecule has 1 fully saturated rings. The summed E-state index contributed by atoms with van der Waals surface area (Å²) >= 11 is 6.09. The van der Waals surface area contributed by atoms with Gasteiger partial charge in [-0.2, -0.15) is 4.39 Å². The Bertz CT molecular complexity index is 1470. The molecule has 0 unspecified atom stereocenters. The molecule has 1 aliphatic carbocycles. The molecule has 6 nitrogen and oxygen atoms in total. The Labute approximate surface area is 192 Å². The summed E-state index contributed by atoms with van der Waals surface area (Å²) in [5.74, 6) is -3.26. The van der Waals surface area contributed by atoms with Crippen LogP contribution in [0.2, 0.25) is 5.02 Å². The Morgan fingerprint density at radius 3 is 2.79 bits per heavy atom. The fourth-order valence-corrected chi connectivity index (χ4v) is 4.35. The summed E-state index contributed by atoms with van der Waals surface area (Å²) in [7, 11) is 1.22. The largest absolute Gasteiger partial charge is 0.491 e. The van der Waals surface area contributed by atoms with Crippen LogP contribution in [0.1, 0.15) is 34.8 Å². The topological polar surface area (TPSA) is 76.1 Å². The second kappa shape index (κ2) is 8.19. The highest BCUT2D eigenvalue weighted by Crippen LogP contribution is 2.40. The van der Waals surface area contributed by atoms with E-state index in [1.807, 2.05) is 18.3 Å². The van der Waals surface area contributed by atoms with Gasteiger partial charge in [-0.3, -0.25) is 9.59 Å². The van der Waals surface area contributed by atoms with Crippen LogP contribution in [0.25, 0.3) is 21.8 Å². The molecule has 4 aromatic rings. The van der Waals surface area contributed by atoms with E-state index in [4.69, 9.17) is 16.3 Å². The number of methoxy groups -OCH3 is 1. The van der Waals surface area contributed by atoms with Crippen LogP contribution in [0, 0.1) is 11.6 Å². The molecular formula is C24H20ClF2N3O3. The first kappa shape index (κ1) is 21.5. The van der Waals surface area contributed by atoms with Gasteiger partial charge in [0.1, 0.15) is 5.56 Å². The van der Waals surface area contributed by atoms with Crippen molar-refractivity contribution in [3.05, 3.63) is 74.7 Å². The number of hydrogen-bond acceptors (Lipinski definition) is 3. The van der Waals surface area contributed by atoms with Gasteiger partial charge in [0.2, 0.25) is 11.2 Å². The van der Waals surface area contributed by atoms with Crippen molar-refractivity contribution in [1.82, 2.24) is 14.9 Å². The van der Waals surface area contributed by atoms with E-state index in [0.717, 1.165) is 35.4 Å². The van der Waals surface area contributed by atoms with Crippen molar-refractivity contribution in [3.8, 4) is 5.75 Å². The molecule has 9 heteroatoms. The van der Waals surface area contributed by atoms with Gasteiger partial charge in [0, 0.05) is 40.9 Å². The van der Waals surface area contributed by atoms with Crippen molar-refractivity contribution in [1.29, 1.82) is 0 Å². The summed E-state index contributed by atoms with van der Waals surface area (Å²) in [6.07, 6.45) is 5.41. The van der Waals surface area contributed by atoms with E-state index in [1.165, 1.54) is 13.3 Å². The number of H-pyrrole nitrogens is 1. The third kappa shape index (κ3) is 3.74. The van der Waals surface area contributed by atoms with Gasteiger partial charge in [-0.05, 0) is 49.1 Å². The van der Waals surface area contributed by atoms with E-state index in [2.05, 4.69) is 10.3 Å². The molecule has 0 saturated heterocycles. The predicted molar refractivity (Wildman–Crippen MR) is 122 cm³/mol. The van der Waals surface area contributed by atoms with Gasteiger partial charge in [0.25, 0.3) is 5.91 Å². The minimum Gasteiger partial charge on any atom is -0.491 e. The third-order valence-corrected chi connectivity index (χ3v) is 6.20. The maximum Gasteiger partial charge on any atom is 0.256 e. The van der Waals surface area contributed by atoms with Crippen LogP contribution in [0.15, 0.2) is 41.5 Å². The number of hydrogen-bond donors (Lipinski definition) is 2. The maximum absolute atomic E-state index is 14.3. The monoisotopic (exact) mass is 471 g/mol. The van der Waals surface area contributed by atoms with Crippen LogP contribution < -0.4 is 15.5 Å². The van der Waals surface area contributed by atoms with E-state index in [0.29, 0.717) is 11.4 Å². The van der Waals surface area contributed by atoms with Gasteiger partial charge >= 0.3 is 0 Å². The number of halogens is 3. The number of aromatic amines is 1. The Kier molecular flexibility index (Phi) is 5.32. The Balaban J connectivity index is 1.46. The minimum atomic E-state index is -1.20. The average Bonchev–Trinajstić information content (AvgIpc) is 3.57. The van der Waals surface area contributed by atoms with Crippen molar-refractivity contribution in [2.75, 3.05) is 13.7 Å². The zero-order valence-corrected chi connectivity index (χ0v) is 18.4. The van der Waals surface area contributed by atoms with Crippen LogP contribution >= 0.6 is 11.6 Å². The first-order valence-electron chi connectivity index (χ1n) is 10.5. The molecule has 170 valence electrons. The van der Waals surface area contributed by atoms with Gasteiger partial charge in [-0.25, -0.2) is 4.39 Å². The number of rotatable bonds is 6. The van der Waals surface area contributed by atoms with Crippen molar-refractivity contribution >= 4 is 39.3 Å². The van der Waals surface area contributed by atoms with Gasteiger partial charge in [0.15, 0.2) is 11.6 Å². The zero-order chi connectivity index (χ0) is 23.3. The van der Waals surface area contributed by atoms with Crippen LogP contribution in [0.4, 0.5) is 8.78 Å². The highest BCUT2D eigenvalue weighted by atomic mass is 35.5. The smallest absolute Gasteiger partial charge is 0.256 e. The summed E-state index contributed by atoms with van der Waals surface area (Å²) in [4.78, 5) is 29.1. The number of nitrogens with zero attached hydrogens (tertiary/aromatic N) is 1. The van der Waals surface area contributed by atoms with Gasteiger partial charge in [-0.15, -0.1) is 0 Å². The molecule has 0 aliphatic heterocycles. The molecule has 2 aromatic carbocycles. The molecule has 33 heavy (non-hydrogen) atoms. The second-order valence-electron chi connectivity index (χ2n) is 8.12. The Morgan fingerprint density at radius 2 is 2.06 bits per heavy atom. The second-order valence-corrected chi connectivity index (χ2v) is 8.56. The number of carbonyl (C=O) groups excluding carboxylic acids is 1. The number of benzene rings is 2. The standard InChI is InChI=1S/C24H20ClF2N3O3/c1-33-23-20(27)18(26)9-16-21(23)30(14-3-4-14)11-17(22(16)31)24(32)28-7-6-12-10-29-19-5-2-13(25)8-15(12)19/h2,5,8-11,14,29H,3-4,6-7H2,1H3,(H,28,32). The quantitative estimate of drug-likeness (QED) is 0.427. The number of ether oxygens (including phenoxy) is 1. The molecule has 2 heterocycles. The average molecular weight is 472 g/mol. The van der Waals surface area contributed by atoms with E-state index >= 15 is 0 Å². The number of carbonyl (C=O) groups is 1. The molecule has 1 aliphatic rings. The van der Waals surface area contributed by atoms with Crippen LogP contribution in [0.5, 0.6) is 5.75 Å². The number of fused-ring (bicyclic) bond motifs is 2. The molecule has 0 atom stereocenters. The highest BCUT2D eigenvalue weighted by molar-refractivity contribution is 6.31. The molecule has 2 aromatic heterocycles. The first-order chi connectivity index (χ1) is 15.9. The van der Waals surface area contributed by atoms with Crippen molar-refractivity contribution in [3.63, 3.8) is 0 Å². The summed E-state index contributed by atoms with van der Waals surface area (Å²) < 4.78 is 35.2. The lowest BCUT2D eigenvalue weighted by molar-refractivity contribution is 0.0952. The zero-order valence-electron chi connectivity index (χ0n) is 17.7. The minimum absolute atomic E-state index is 0.00520. The SMILES string of the molecule is COc1c(F)c(F)cc2c(=O)c(C(=O)NCCc3c[nH]c4ccc(Cl)cc34)cn(C3CC3)c12. The molecule has 1 amide bonds. The van der Waals surface area contributed by atoms with Gasteiger partial charge in [-0.1, -0.05) is 11.6 Å². The maximum atomic E-state index is 14.3. The van der Waals surface area contributed by atoms with Crippen molar-refractivity contribution < 1.29 is 18.3 Å². The Morgan fingerprint density at radius 1 is 1.27 bits per heavy atom. The molecule has 0 radical (unpaired) electrons.